The smallest absolute Gasteiger partial charge is 0.342 e. The summed E-state index contributed by atoms with van der Waals surface area (Å²) in [6.45, 7) is 3.62. The van der Waals surface area contributed by atoms with Crippen LogP contribution >= 0.6 is 0 Å². The number of H-pyrrole nitrogens is 1. The Labute approximate surface area is 202 Å². The van der Waals surface area contributed by atoms with Gasteiger partial charge in [-0.25, -0.2) is 9.59 Å². The van der Waals surface area contributed by atoms with Crippen molar-refractivity contribution < 1.29 is 19.1 Å². The molecule has 0 unspecified atom stereocenters. The Morgan fingerprint density at radius 2 is 1.77 bits per heavy atom. The number of hydrogen-bond donors (Lipinski definition) is 2. The summed E-state index contributed by atoms with van der Waals surface area (Å²) in [6, 6.07) is 10.8. The summed E-state index contributed by atoms with van der Waals surface area (Å²) in [5.41, 5.74) is 4.77. The molecule has 0 atom stereocenters. The predicted octanol–water partition coefficient (Wildman–Crippen LogP) is 2.68. The maximum atomic E-state index is 13.1. The summed E-state index contributed by atoms with van der Waals surface area (Å²) in [5, 5.41) is 1.70. The van der Waals surface area contributed by atoms with Gasteiger partial charge in [0.1, 0.15) is 17.1 Å². The van der Waals surface area contributed by atoms with Crippen molar-refractivity contribution in [1.82, 2.24) is 9.55 Å². The second kappa shape index (κ2) is 11.4. The van der Waals surface area contributed by atoms with E-state index in [1.54, 1.807) is 12.1 Å². The lowest BCUT2D eigenvalue weighted by atomic mass is 10.1. The molecule has 3 N–H and O–H groups in total. The Bertz CT molecular complexity index is 1340. The minimum absolute atomic E-state index is 0.104. The Balaban J connectivity index is 1.89. The van der Waals surface area contributed by atoms with E-state index in [-0.39, 0.29) is 30.2 Å². The summed E-state index contributed by atoms with van der Waals surface area (Å²) >= 11 is 0. The Morgan fingerprint density at radius 1 is 1.09 bits per heavy atom. The van der Waals surface area contributed by atoms with Crippen LogP contribution in [0.25, 0.3) is 10.8 Å². The summed E-state index contributed by atoms with van der Waals surface area (Å²) in [7, 11) is 1.44. The molecule has 3 rings (SSSR count). The van der Waals surface area contributed by atoms with Gasteiger partial charge in [-0.05, 0) is 35.7 Å². The molecule has 1 heterocycles. The molecule has 0 aliphatic carbocycles. The van der Waals surface area contributed by atoms with Gasteiger partial charge in [-0.1, -0.05) is 44.5 Å². The zero-order chi connectivity index (χ0) is 25.5. The fourth-order valence-electron chi connectivity index (χ4n) is 3.79. The number of carbonyl (C=O) groups excluding carboxylic acids is 2. The number of nitrogens with two attached hydrogens (primary N) is 1. The third-order valence-corrected chi connectivity index (χ3v) is 5.58. The van der Waals surface area contributed by atoms with Crippen LogP contribution in [0.2, 0.25) is 0 Å². The molecule has 0 bridgehead atoms. The van der Waals surface area contributed by atoms with E-state index in [2.05, 4.69) is 4.98 Å². The minimum atomic E-state index is -0.771. The van der Waals surface area contributed by atoms with Gasteiger partial charge in [-0.3, -0.25) is 19.1 Å². The number of unbranched alkanes of at least 4 members (excludes halogenated alkanes) is 1. The first-order chi connectivity index (χ1) is 16.8. The monoisotopic (exact) mass is 482 g/mol. The molecule has 3 aromatic rings. The molecule has 1 aromatic heterocycles. The number of aromatic amines is 1. The molecule has 2 aromatic carbocycles. The third kappa shape index (κ3) is 5.53. The minimum Gasteiger partial charge on any atom is -0.496 e. The van der Waals surface area contributed by atoms with Gasteiger partial charge < -0.3 is 20.1 Å². The number of amides is 1. The fourth-order valence-corrected chi connectivity index (χ4v) is 3.79. The predicted molar refractivity (Wildman–Crippen MR) is 134 cm³/mol. The summed E-state index contributed by atoms with van der Waals surface area (Å²) < 4.78 is 11.9. The Kier molecular flexibility index (Phi) is 8.30. The van der Waals surface area contributed by atoms with Gasteiger partial charge in [0.2, 0.25) is 0 Å². The molecule has 0 saturated heterocycles. The molecule has 0 aliphatic rings. The van der Waals surface area contributed by atoms with Crippen LogP contribution in [0.4, 0.5) is 11.5 Å². The van der Waals surface area contributed by atoms with Crippen LogP contribution in [-0.2, 0) is 16.1 Å². The molecule has 10 nitrogen and oxygen atoms in total. The zero-order valence-electron chi connectivity index (χ0n) is 20.1. The number of anilines is 2. The molecule has 0 saturated carbocycles. The van der Waals surface area contributed by atoms with E-state index in [0.717, 1.165) is 17.2 Å². The van der Waals surface area contributed by atoms with Crippen LogP contribution in [0.5, 0.6) is 5.75 Å². The van der Waals surface area contributed by atoms with Gasteiger partial charge in [0.05, 0.1) is 7.11 Å². The van der Waals surface area contributed by atoms with Crippen LogP contribution in [0.3, 0.4) is 0 Å². The van der Waals surface area contributed by atoms with Gasteiger partial charge >= 0.3 is 11.7 Å². The summed E-state index contributed by atoms with van der Waals surface area (Å²) in [5.74, 6) is -1.16. The number of aromatic nitrogens is 2. The molecule has 0 fully saturated rings. The molecule has 0 spiro atoms. The average molecular weight is 483 g/mol. The number of nitrogens with zero attached hydrogens (tertiary/aromatic N) is 2. The summed E-state index contributed by atoms with van der Waals surface area (Å²) in [4.78, 5) is 54.2. The number of nitrogen functional groups attached to an aromatic ring is 1. The van der Waals surface area contributed by atoms with Gasteiger partial charge in [-0.15, -0.1) is 0 Å². The maximum absolute atomic E-state index is 13.1. The quantitative estimate of drug-likeness (QED) is 0.424. The topological polar surface area (TPSA) is 137 Å². The highest BCUT2D eigenvalue weighted by Crippen LogP contribution is 2.27. The number of carbonyl (C=O) groups is 2. The van der Waals surface area contributed by atoms with Crippen LogP contribution < -0.4 is 26.6 Å². The first-order valence-corrected chi connectivity index (χ1v) is 11.5. The Hall–Kier alpha value is -4.08. The highest BCUT2D eigenvalue weighted by atomic mass is 16.5. The highest BCUT2D eigenvalue weighted by Gasteiger charge is 2.25. The van der Waals surface area contributed by atoms with Crippen molar-refractivity contribution in [2.45, 2.75) is 39.7 Å². The average Bonchev–Trinajstić information content (AvgIpc) is 2.85. The lowest BCUT2D eigenvalue weighted by Gasteiger charge is -2.24. The molecule has 0 radical (unpaired) electrons. The Morgan fingerprint density at radius 3 is 2.40 bits per heavy atom. The first kappa shape index (κ1) is 25.5. The van der Waals surface area contributed by atoms with E-state index >= 15 is 0 Å². The maximum Gasteiger partial charge on any atom is 0.342 e. The van der Waals surface area contributed by atoms with Crippen molar-refractivity contribution in [2.75, 3.05) is 30.9 Å². The number of esters is 1. The van der Waals surface area contributed by atoms with E-state index < -0.39 is 29.7 Å². The normalized spacial score (nSPS) is 10.8. The van der Waals surface area contributed by atoms with Gasteiger partial charge in [0.25, 0.3) is 11.5 Å². The fraction of sp³-hybridized carbons (Fsp3) is 0.360. The number of hydrogen-bond acceptors (Lipinski definition) is 7. The lowest BCUT2D eigenvalue weighted by Crippen LogP contribution is -2.43. The lowest BCUT2D eigenvalue weighted by molar-refractivity contribution is -0.121. The highest BCUT2D eigenvalue weighted by molar-refractivity contribution is 6.01. The van der Waals surface area contributed by atoms with Crippen molar-refractivity contribution in [2.24, 2.45) is 0 Å². The number of methoxy groups -OCH3 is 1. The first-order valence-electron chi connectivity index (χ1n) is 11.5. The molecule has 1 amide bonds. The van der Waals surface area contributed by atoms with Gasteiger partial charge in [0.15, 0.2) is 12.3 Å². The van der Waals surface area contributed by atoms with E-state index in [1.165, 1.54) is 16.6 Å². The van der Waals surface area contributed by atoms with E-state index in [1.807, 2.05) is 38.1 Å². The van der Waals surface area contributed by atoms with Crippen LogP contribution in [-0.4, -0.2) is 41.7 Å². The van der Waals surface area contributed by atoms with Crippen LogP contribution in [0.1, 0.15) is 43.5 Å². The number of rotatable bonds is 10. The van der Waals surface area contributed by atoms with E-state index in [9.17, 15) is 19.2 Å². The zero-order valence-corrected chi connectivity index (χ0v) is 20.1. The largest absolute Gasteiger partial charge is 0.496 e. The van der Waals surface area contributed by atoms with Crippen LogP contribution in [0, 0.1) is 0 Å². The molecule has 0 aliphatic heterocycles. The molecular formula is C25H30N4O6. The molecular weight excluding hydrogens is 452 g/mol. The second-order valence-electron chi connectivity index (χ2n) is 8.02. The number of ether oxygens (including phenoxy) is 2. The van der Waals surface area contributed by atoms with Crippen molar-refractivity contribution in [3.8, 4) is 5.75 Å². The molecule has 35 heavy (non-hydrogen) atoms. The van der Waals surface area contributed by atoms with Crippen molar-refractivity contribution in [1.29, 1.82) is 0 Å². The standard InChI is InChI=1S/C25H30N4O6/c1-4-6-12-28(21-22(26)29(11-5-2)25(33)27-23(21)31)20(30)15-35-24(32)18-13-16-9-7-8-10-17(16)14-19(18)34-3/h7-10,13-14H,4-6,11-12,15,26H2,1-3H3,(H,27,31,33). The third-order valence-electron chi connectivity index (χ3n) is 5.58. The molecule has 10 heteroatoms. The SMILES string of the molecule is CCCCN(C(=O)COC(=O)c1cc2ccccc2cc1OC)c1c(N)n(CCC)c(=O)[nH]c1=O. The van der Waals surface area contributed by atoms with E-state index in [4.69, 9.17) is 15.2 Å². The van der Waals surface area contributed by atoms with Crippen molar-refractivity contribution in [3.63, 3.8) is 0 Å². The number of fused-ring (bicyclic) bond motifs is 1. The number of nitrogens with one attached hydrogen (secondary N) is 1. The van der Waals surface area contributed by atoms with Crippen molar-refractivity contribution in [3.05, 3.63) is 62.8 Å². The molecule has 186 valence electrons. The van der Waals surface area contributed by atoms with Crippen molar-refractivity contribution >= 4 is 34.2 Å². The number of benzene rings is 2. The second-order valence-corrected chi connectivity index (χ2v) is 8.02. The van der Waals surface area contributed by atoms with Gasteiger partial charge in [-0.2, -0.15) is 0 Å². The van der Waals surface area contributed by atoms with Gasteiger partial charge in [0, 0.05) is 13.1 Å². The van der Waals surface area contributed by atoms with Crippen LogP contribution in [0.15, 0.2) is 46.0 Å². The summed E-state index contributed by atoms with van der Waals surface area (Å²) in [6.07, 6.45) is 1.91. The van der Waals surface area contributed by atoms with E-state index in [0.29, 0.717) is 18.6 Å².